The minimum Gasteiger partial charge on any atom is -0.493 e. The Morgan fingerprint density at radius 1 is 1.42 bits per heavy atom. The Morgan fingerprint density at radius 2 is 2.16 bits per heavy atom. The monoisotopic (exact) mass is 262 g/mol. The van der Waals surface area contributed by atoms with Crippen molar-refractivity contribution in [3.05, 3.63) is 29.8 Å². The van der Waals surface area contributed by atoms with Crippen LogP contribution in [0.4, 0.5) is 0 Å². The summed E-state index contributed by atoms with van der Waals surface area (Å²) in [4.78, 5) is 10.8. The molecular weight excluding hydrogens is 240 g/mol. The molecule has 1 N–H and O–H groups in total. The Bertz CT molecular complexity index is 439. The van der Waals surface area contributed by atoms with Crippen LogP contribution < -0.4 is 4.74 Å². The first kappa shape index (κ1) is 13.9. The largest absolute Gasteiger partial charge is 0.493 e. The fourth-order valence-corrected chi connectivity index (χ4v) is 2.32. The maximum absolute atomic E-state index is 10.8. The summed E-state index contributed by atoms with van der Waals surface area (Å²) in [6, 6.07) is 8.07. The van der Waals surface area contributed by atoms with Crippen molar-refractivity contribution in [1.29, 1.82) is 0 Å². The molecule has 0 heterocycles. The number of carboxylic acids is 1. The lowest BCUT2D eigenvalue weighted by Gasteiger charge is -2.13. The van der Waals surface area contributed by atoms with E-state index in [2.05, 4.69) is 19.9 Å². The fraction of sp³-hybridized carbons (Fsp3) is 0.562. The molecule has 0 radical (unpaired) electrons. The van der Waals surface area contributed by atoms with Crippen molar-refractivity contribution >= 4 is 5.97 Å². The highest BCUT2D eigenvalue weighted by atomic mass is 16.5. The summed E-state index contributed by atoms with van der Waals surface area (Å²) in [5.74, 6) is 1.06. The van der Waals surface area contributed by atoms with Crippen LogP contribution in [0.1, 0.15) is 32.3 Å². The van der Waals surface area contributed by atoms with E-state index in [9.17, 15) is 4.79 Å². The highest BCUT2D eigenvalue weighted by molar-refractivity contribution is 5.73. The summed E-state index contributed by atoms with van der Waals surface area (Å²) in [6.45, 7) is 4.98. The maximum Gasteiger partial charge on any atom is 0.306 e. The van der Waals surface area contributed by atoms with Gasteiger partial charge in [0.2, 0.25) is 0 Å². The predicted molar refractivity (Wildman–Crippen MR) is 74.3 cm³/mol. The molecule has 1 aliphatic rings. The van der Waals surface area contributed by atoms with Crippen LogP contribution in [-0.4, -0.2) is 17.7 Å². The zero-order valence-corrected chi connectivity index (χ0v) is 11.6. The second kappa shape index (κ2) is 6.09. The number of hydrogen-bond acceptors (Lipinski definition) is 2. The van der Waals surface area contributed by atoms with Gasteiger partial charge in [0.1, 0.15) is 5.75 Å². The third kappa shape index (κ3) is 3.98. The van der Waals surface area contributed by atoms with Gasteiger partial charge >= 0.3 is 5.97 Å². The number of rotatable bonds is 7. The van der Waals surface area contributed by atoms with Gasteiger partial charge in [-0.1, -0.05) is 32.0 Å². The van der Waals surface area contributed by atoms with E-state index >= 15 is 0 Å². The Hall–Kier alpha value is -1.51. The number of ether oxygens (including phenoxy) is 1. The Balaban J connectivity index is 1.87. The van der Waals surface area contributed by atoms with E-state index in [0.717, 1.165) is 31.6 Å². The van der Waals surface area contributed by atoms with Gasteiger partial charge in [-0.25, -0.2) is 0 Å². The first-order valence-electron chi connectivity index (χ1n) is 7.01. The van der Waals surface area contributed by atoms with Crippen LogP contribution in [0, 0.1) is 17.8 Å². The molecule has 0 saturated heterocycles. The number of hydrogen-bond donors (Lipinski definition) is 1. The molecule has 19 heavy (non-hydrogen) atoms. The molecule has 0 aliphatic heterocycles. The van der Waals surface area contributed by atoms with Crippen molar-refractivity contribution in [2.24, 2.45) is 17.8 Å². The molecule has 3 nitrogen and oxygen atoms in total. The molecule has 1 saturated carbocycles. The molecular formula is C16H22O3. The van der Waals surface area contributed by atoms with Crippen LogP contribution in [0.25, 0.3) is 0 Å². The topological polar surface area (TPSA) is 46.5 Å². The number of para-hydroxylation sites is 1. The van der Waals surface area contributed by atoms with E-state index in [4.69, 9.17) is 9.84 Å². The zero-order valence-electron chi connectivity index (χ0n) is 11.6. The SMILES string of the molecule is CC(C)COc1ccccc1CCC1CC1C(=O)O. The van der Waals surface area contributed by atoms with Crippen molar-refractivity contribution in [2.75, 3.05) is 6.61 Å². The van der Waals surface area contributed by atoms with Crippen molar-refractivity contribution in [3.8, 4) is 5.75 Å². The van der Waals surface area contributed by atoms with Crippen LogP contribution >= 0.6 is 0 Å². The fourth-order valence-electron chi connectivity index (χ4n) is 2.32. The predicted octanol–water partition coefficient (Wildman–Crippen LogP) is 3.37. The van der Waals surface area contributed by atoms with Crippen LogP contribution in [0.15, 0.2) is 24.3 Å². The highest BCUT2D eigenvalue weighted by Gasteiger charge is 2.42. The van der Waals surface area contributed by atoms with E-state index in [1.165, 1.54) is 5.56 Å². The first-order chi connectivity index (χ1) is 9.08. The average molecular weight is 262 g/mol. The highest BCUT2D eigenvalue weighted by Crippen LogP contribution is 2.42. The van der Waals surface area contributed by atoms with Gasteiger partial charge in [-0.05, 0) is 42.7 Å². The lowest BCUT2D eigenvalue weighted by molar-refractivity contribution is -0.138. The molecule has 1 fully saturated rings. The van der Waals surface area contributed by atoms with Crippen LogP contribution in [0.2, 0.25) is 0 Å². The second-order valence-electron chi connectivity index (χ2n) is 5.79. The van der Waals surface area contributed by atoms with Gasteiger partial charge in [0, 0.05) is 0 Å². The van der Waals surface area contributed by atoms with Gasteiger partial charge in [0.05, 0.1) is 12.5 Å². The first-order valence-corrected chi connectivity index (χ1v) is 7.01. The lowest BCUT2D eigenvalue weighted by atomic mass is 10.1. The summed E-state index contributed by atoms with van der Waals surface area (Å²) in [5.41, 5.74) is 1.19. The third-order valence-electron chi connectivity index (χ3n) is 3.57. The Labute approximate surface area is 114 Å². The Kier molecular flexibility index (Phi) is 4.46. The second-order valence-corrected chi connectivity index (χ2v) is 5.79. The van der Waals surface area contributed by atoms with Crippen LogP contribution in [0.5, 0.6) is 5.75 Å². The third-order valence-corrected chi connectivity index (χ3v) is 3.57. The molecule has 1 aromatic carbocycles. The minimum absolute atomic E-state index is 0.108. The van der Waals surface area contributed by atoms with E-state index in [1.54, 1.807) is 0 Å². The van der Waals surface area contributed by atoms with Gasteiger partial charge in [0.15, 0.2) is 0 Å². The number of carbonyl (C=O) groups is 1. The molecule has 1 aromatic rings. The smallest absolute Gasteiger partial charge is 0.306 e. The molecule has 0 bridgehead atoms. The summed E-state index contributed by atoms with van der Waals surface area (Å²) in [5, 5.41) is 8.90. The van der Waals surface area contributed by atoms with Crippen molar-refractivity contribution in [3.63, 3.8) is 0 Å². The van der Waals surface area contributed by atoms with Gasteiger partial charge in [-0.15, -0.1) is 0 Å². The number of carboxylic acid groups (broad SMARTS) is 1. The van der Waals surface area contributed by atoms with Gasteiger partial charge in [-0.3, -0.25) is 4.79 Å². The standard InChI is InChI=1S/C16H22O3/c1-11(2)10-19-15-6-4-3-5-12(15)7-8-13-9-14(13)16(17)18/h3-6,11,13-14H,7-10H2,1-2H3,(H,17,18). The Morgan fingerprint density at radius 3 is 2.79 bits per heavy atom. The number of aryl methyl sites for hydroxylation is 1. The number of aliphatic carboxylic acids is 1. The molecule has 0 amide bonds. The van der Waals surface area contributed by atoms with Gasteiger partial charge in [0.25, 0.3) is 0 Å². The molecule has 0 aromatic heterocycles. The zero-order chi connectivity index (χ0) is 13.8. The maximum atomic E-state index is 10.8. The summed E-state index contributed by atoms with van der Waals surface area (Å²) >= 11 is 0. The van der Waals surface area contributed by atoms with E-state index in [-0.39, 0.29) is 5.92 Å². The van der Waals surface area contributed by atoms with E-state index in [1.807, 2.05) is 18.2 Å². The van der Waals surface area contributed by atoms with E-state index < -0.39 is 5.97 Å². The summed E-state index contributed by atoms with van der Waals surface area (Å²) in [6.07, 6.45) is 2.69. The molecule has 0 spiro atoms. The quantitative estimate of drug-likeness (QED) is 0.819. The average Bonchev–Trinajstić information content (AvgIpc) is 3.14. The molecule has 2 atom stereocenters. The molecule has 2 unspecified atom stereocenters. The van der Waals surface area contributed by atoms with Gasteiger partial charge < -0.3 is 9.84 Å². The van der Waals surface area contributed by atoms with Gasteiger partial charge in [-0.2, -0.15) is 0 Å². The summed E-state index contributed by atoms with van der Waals surface area (Å²) < 4.78 is 5.81. The van der Waals surface area contributed by atoms with Crippen molar-refractivity contribution in [1.82, 2.24) is 0 Å². The van der Waals surface area contributed by atoms with Crippen LogP contribution in [0.3, 0.4) is 0 Å². The molecule has 104 valence electrons. The van der Waals surface area contributed by atoms with E-state index in [0.29, 0.717) is 11.8 Å². The lowest BCUT2D eigenvalue weighted by Crippen LogP contribution is -2.06. The van der Waals surface area contributed by atoms with Crippen molar-refractivity contribution < 1.29 is 14.6 Å². The summed E-state index contributed by atoms with van der Waals surface area (Å²) in [7, 11) is 0. The molecule has 3 heteroatoms. The normalized spacial score (nSPS) is 21.4. The van der Waals surface area contributed by atoms with Crippen LogP contribution in [-0.2, 0) is 11.2 Å². The number of benzene rings is 1. The minimum atomic E-state index is -0.644. The van der Waals surface area contributed by atoms with Crippen molar-refractivity contribution in [2.45, 2.75) is 33.1 Å². The molecule has 1 aliphatic carbocycles. The molecule has 2 rings (SSSR count).